The normalized spacial score (nSPS) is 19.3. The predicted octanol–water partition coefficient (Wildman–Crippen LogP) is 0.331. The molecule has 2 heterocycles. The van der Waals surface area contributed by atoms with Gasteiger partial charge in [-0.25, -0.2) is 0 Å². The van der Waals surface area contributed by atoms with Crippen molar-refractivity contribution in [3.05, 3.63) is 15.4 Å². The zero-order valence-corrected chi connectivity index (χ0v) is 11.1. The molecule has 0 spiro atoms. The first kappa shape index (κ1) is 11.8. The summed E-state index contributed by atoms with van der Waals surface area (Å²) in [5.74, 6) is 0. The third kappa shape index (κ3) is 2.36. The summed E-state index contributed by atoms with van der Waals surface area (Å²) >= 11 is 1.81. The van der Waals surface area contributed by atoms with Crippen LogP contribution in [0, 0.1) is 6.92 Å². The number of aromatic nitrogens is 1. The first-order valence-electron chi connectivity index (χ1n) is 5.73. The van der Waals surface area contributed by atoms with Crippen LogP contribution in [0.2, 0.25) is 0 Å². The first-order valence-corrected chi connectivity index (χ1v) is 6.55. The van der Waals surface area contributed by atoms with Gasteiger partial charge >= 0.3 is 0 Å². The molecule has 1 aromatic rings. The number of piperazine rings is 1. The van der Waals surface area contributed by atoms with E-state index in [9.17, 15) is 0 Å². The van der Waals surface area contributed by atoms with Crippen molar-refractivity contribution >= 4 is 11.3 Å². The lowest BCUT2D eigenvalue weighted by molar-refractivity contribution is 0.234. The number of rotatable bonds is 2. The van der Waals surface area contributed by atoms with E-state index in [-0.39, 0.29) is 0 Å². The molecular formula is C11H20N4S. The number of hydrogen-bond acceptors (Lipinski definition) is 4. The van der Waals surface area contributed by atoms with E-state index >= 15 is 0 Å². The lowest BCUT2D eigenvalue weighted by atomic mass is 10.3. The van der Waals surface area contributed by atoms with Crippen molar-refractivity contribution in [1.82, 2.24) is 14.8 Å². The third-order valence-electron chi connectivity index (χ3n) is 3.18. The maximum absolute atomic E-state index is 4.30. The molecule has 1 fully saturated rings. The summed E-state index contributed by atoms with van der Waals surface area (Å²) in [6.07, 6.45) is 0. The monoisotopic (exact) mass is 240 g/mol. The smallest absolute Gasteiger partial charge is 0.184 e. The Balaban J connectivity index is 2.14. The molecule has 0 unspecified atom stereocenters. The summed E-state index contributed by atoms with van der Waals surface area (Å²) in [7, 11) is 3.95. The van der Waals surface area contributed by atoms with Crippen LogP contribution < -0.4 is 10.1 Å². The Bertz CT molecular complexity index is 412. The van der Waals surface area contributed by atoms with Gasteiger partial charge in [0.05, 0.1) is 0 Å². The second-order valence-electron chi connectivity index (χ2n) is 4.20. The van der Waals surface area contributed by atoms with Crippen molar-refractivity contribution in [2.75, 3.05) is 33.2 Å². The molecule has 1 aromatic heterocycles. The highest BCUT2D eigenvalue weighted by molar-refractivity contribution is 7.09. The van der Waals surface area contributed by atoms with E-state index in [0.29, 0.717) is 0 Å². The summed E-state index contributed by atoms with van der Waals surface area (Å²) in [6, 6.07) is 0. The van der Waals surface area contributed by atoms with E-state index in [1.807, 2.05) is 18.4 Å². The number of thiazole rings is 1. The molecule has 1 aliphatic rings. The van der Waals surface area contributed by atoms with Crippen LogP contribution in [0.3, 0.4) is 0 Å². The molecule has 0 aromatic carbocycles. The Labute approximate surface area is 101 Å². The molecule has 16 heavy (non-hydrogen) atoms. The van der Waals surface area contributed by atoms with E-state index < -0.39 is 0 Å². The molecule has 2 rings (SSSR count). The quantitative estimate of drug-likeness (QED) is 0.808. The molecule has 0 radical (unpaired) electrons. The van der Waals surface area contributed by atoms with E-state index in [1.165, 1.54) is 10.6 Å². The third-order valence-corrected chi connectivity index (χ3v) is 4.49. The van der Waals surface area contributed by atoms with Crippen LogP contribution in [-0.2, 0) is 13.6 Å². The predicted molar refractivity (Wildman–Crippen MR) is 67.7 cm³/mol. The van der Waals surface area contributed by atoms with Gasteiger partial charge in [0.25, 0.3) is 0 Å². The topological polar surface area (TPSA) is 32.6 Å². The van der Waals surface area contributed by atoms with Crippen LogP contribution >= 0.6 is 11.3 Å². The SMILES string of the molecule is CN=c1sc(CN2CCNCC2)c(C)n1C. The molecule has 0 amide bonds. The molecule has 1 N–H and O–H groups in total. The Morgan fingerprint density at radius 2 is 2.06 bits per heavy atom. The fourth-order valence-corrected chi connectivity index (χ4v) is 3.12. The Hall–Kier alpha value is -0.650. The van der Waals surface area contributed by atoms with Gasteiger partial charge in [-0.1, -0.05) is 0 Å². The zero-order chi connectivity index (χ0) is 11.5. The standard InChI is InChI=1S/C11H20N4S/c1-9-10(16-11(12-2)14(9)3)8-15-6-4-13-5-7-15/h13H,4-8H2,1-3H3. The molecule has 0 atom stereocenters. The van der Waals surface area contributed by atoms with E-state index in [0.717, 1.165) is 37.5 Å². The minimum atomic E-state index is 1.07. The Morgan fingerprint density at radius 3 is 2.62 bits per heavy atom. The Kier molecular flexibility index (Phi) is 3.78. The van der Waals surface area contributed by atoms with Crippen LogP contribution in [0.1, 0.15) is 10.6 Å². The average molecular weight is 240 g/mol. The molecule has 90 valence electrons. The van der Waals surface area contributed by atoms with Crippen LogP contribution in [0.4, 0.5) is 0 Å². The maximum atomic E-state index is 4.30. The van der Waals surface area contributed by atoms with Gasteiger partial charge in [0, 0.05) is 57.4 Å². The molecule has 0 aliphatic carbocycles. The van der Waals surface area contributed by atoms with Gasteiger partial charge in [0.15, 0.2) is 4.80 Å². The zero-order valence-electron chi connectivity index (χ0n) is 10.3. The Morgan fingerprint density at radius 1 is 1.38 bits per heavy atom. The van der Waals surface area contributed by atoms with Gasteiger partial charge in [-0.05, 0) is 6.92 Å². The molecule has 1 saturated heterocycles. The highest BCUT2D eigenvalue weighted by atomic mass is 32.1. The van der Waals surface area contributed by atoms with Crippen molar-refractivity contribution in [2.24, 2.45) is 12.0 Å². The number of nitrogens with zero attached hydrogens (tertiary/aromatic N) is 3. The molecule has 1 aliphatic heterocycles. The van der Waals surface area contributed by atoms with Gasteiger partial charge in [-0.2, -0.15) is 0 Å². The molecule has 0 bridgehead atoms. The van der Waals surface area contributed by atoms with Crippen molar-refractivity contribution < 1.29 is 0 Å². The van der Waals surface area contributed by atoms with E-state index in [2.05, 4.69) is 33.7 Å². The fourth-order valence-electron chi connectivity index (χ4n) is 2.00. The molecule has 0 saturated carbocycles. The van der Waals surface area contributed by atoms with Gasteiger partial charge in [0.2, 0.25) is 0 Å². The number of hydrogen-bond donors (Lipinski definition) is 1. The molecule has 4 nitrogen and oxygen atoms in total. The van der Waals surface area contributed by atoms with Gasteiger partial charge in [-0.3, -0.25) is 9.89 Å². The number of nitrogens with one attached hydrogen (secondary N) is 1. The minimum absolute atomic E-state index is 1.07. The van der Waals surface area contributed by atoms with Crippen LogP contribution in [-0.4, -0.2) is 42.7 Å². The van der Waals surface area contributed by atoms with Gasteiger partial charge in [-0.15, -0.1) is 11.3 Å². The van der Waals surface area contributed by atoms with Gasteiger partial charge in [0.1, 0.15) is 0 Å². The summed E-state index contributed by atoms with van der Waals surface area (Å²) in [6.45, 7) is 7.78. The lowest BCUT2D eigenvalue weighted by Gasteiger charge is -2.26. The van der Waals surface area contributed by atoms with Crippen LogP contribution in [0.25, 0.3) is 0 Å². The average Bonchev–Trinajstić information content (AvgIpc) is 2.58. The van der Waals surface area contributed by atoms with Crippen molar-refractivity contribution in [3.63, 3.8) is 0 Å². The van der Waals surface area contributed by atoms with Crippen molar-refractivity contribution in [1.29, 1.82) is 0 Å². The van der Waals surface area contributed by atoms with Gasteiger partial charge < -0.3 is 9.88 Å². The molecular weight excluding hydrogens is 220 g/mol. The highest BCUT2D eigenvalue weighted by Crippen LogP contribution is 2.13. The van der Waals surface area contributed by atoms with E-state index in [1.54, 1.807) is 0 Å². The summed E-state index contributed by atoms with van der Waals surface area (Å²) in [5.41, 5.74) is 1.35. The maximum Gasteiger partial charge on any atom is 0.184 e. The van der Waals surface area contributed by atoms with Crippen LogP contribution in [0.15, 0.2) is 4.99 Å². The summed E-state index contributed by atoms with van der Waals surface area (Å²) in [5, 5.41) is 3.38. The largest absolute Gasteiger partial charge is 0.324 e. The summed E-state index contributed by atoms with van der Waals surface area (Å²) < 4.78 is 2.18. The second-order valence-corrected chi connectivity index (χ2v) is 5.26. The molecule has 5 heteroatoms. The summed E-state index contributed by atoms with van der Waals surface area (Å²) in [4.78, 5) is 9.37. The second kappa shape index (κ2) is 5.12. The van der Waals surface area contributed by atoms with Crippen molar-refractivity contribution in [3.8, 4) is 0 Å². The minimum Gasteiger partial charge on any atom is -0.324 e. The van der Waals surface area contributed by atoms with E-state index in [4.69, 9.17) is 0 Å². The fraction of sp³-hybridized carbons (Fsp3) is 0.727. The highest BCUT2D eigenvalue weighted by Gasteiger charge is 2.13. The van der Waals surface area contributed by atoms with Crippen LogP contribution in [0.5, 0.6) is 0 Å². The van der Waals surface area contributed by atoms with Crippen molar-refractivity contribution in [2.45, 2.75) is 13.5 Å². The lowest BCUT2D eigenvalue weighted by Crippen LogP contribution is -2.42. The first-order chi connectivity index (χ1) is 7.72.